The van der Waals surface area contributed by atoms with Crippen molar-refractivity contribution in [3.8, 4) is 22.9 Å². The number of hydrogen-bond donors (Lipinski definition) is 3. The number of benzene rings is 3. The number of aromatic amines is 2. The van der Waals surface area contributed by atoms with Gasteiger partial charge in [0.05, 0.1) is 16.4 Å². The second kappa shape index (κ2) is 9.44. The minimum Gasteiger partial charge on any atom is -0.453 e. The molecule has 3 N–H and O–H groups in total. The highest BCUT2D eigenvalue weighted by atomic mass is 79.9. The highest BCUT2D eigenvalue weighted by molar-refractivity contribution is 9.10. The number of aromatic nitrogens is 3. The molecule has 1 unspecified atom stereocenters. The van der Waals surface area contributed by atoms with E-state index in [1.165, 1.54) is 11.6 Å². The molecule has 172 valence electrons. The second-order valence-electron chi connectivity index (χ2n) is 8.16. The van der Waals surface area contributed by atoms with E-state index in [1.54, 1.807) is 24.5 Å². The predicted octanol–water partition coefficient (Wildman–Crippen LogP) is 7.29. The van der Waals surface area contributed by atoms with E-state index < -0.39 is 11.9 Å². The molecule has 7 heteroatoms. The SMILES string of the molecule is CCCc1cccc(C(O)c2cnc(-c3cccc(Oc4c(F)cc5[nH]ccc5c4Br)c3)[nH]2)c1. The molecule has 0 saturated carbocycles. The smallest absolute Gasteiger partial charge is 0.177 e. The van der Waals surface area contributed by atoms with Gasteiger partial charge in [-0.1, -0.05) is 49.7 Å². The Kier molecular flexibility index (Phi) is 6.22. The molecule has 2 heterocycles. The third-order valence-corrected chi connectivity index (χ3v) is 6.51. The Balaban J connectivity index is 1.40. The predicted molar refractivity (Wildman–Crippen MR) is 135 cm³/mol. The molecule has 0 bridgehead atoms. The summed E-state index contributed by atoms with van der Waals surface area (Å²) in [6.07, 6.45) is 4.59. The minimum atomic E-state index is -0.810. The average molecular weight is 520 g/mol. The number of nitrogens with zero attached hydrogens (tertiary/aromatic N) is 1. The van der Waals surface area contributed by atoms with E-state index in [0.717, 1.165) is 29.4 Å². The molecule has 5 nitrogen and oxygen atoms in total. The first-order valence-electron chi connectivity index (χ1n) is 11.1. The summed E-state index contributed by atoms with van der Waals surface area (Å²) in [6.45, 7) is 2.13. The summed E-state index contributed by atoms with van der Waals surface area (Å²) < 4.78 is 21.1. The van der Waals surface area contributed by atoms with Crippen LogP contribution in [0, 0.1) is 5.82 Å². The fourth-order valence-electron chi connectivity index (χ4n) is 4.04. The number of H-pyrrole nitrogens is 2. The van der Waals surface area contributed by atoms with Crippen molar-refractivity contribution in [3.63, 3.8) is 0 Å². The maximum atomic E-state index is 14.7. The fourth-order valence-corrected chi connectivity index (χ4v) is 4.65. The second-order valence-corrected chi connectivity index (χ2v) is 8.95. The Hall–Kier alpha value is -3.42. The Morgan fingerprint density at radius 3 is 2.82 bits per heavy atom. The molecule has 34 heavy (non-hydrogen) atoms. The van der Waals surface area contributed by atoms with Gasteiger partial charge in [-0.2, -0.15) is 0 Å². The van der Waals surface area contributed by atoms with Crippen LogP contribution in [0.15, 0.2) is 77.5 Å². The van der Waals surface area contributed by atoms with Gasteiger partial charge < -0.3 is 19.8 Å². The summed E-state index contributed by atoms with van der Waals surface area (Å²) in [5.41, 5.74) is 4.06. The van der Waals surface area contributed by atoms with Gasteiger partial charge in [-0.3, -0.25) is 0 Å². The van der Waals surface area contributed by atoms with Crippen molar-refractivity contribution < 1.29 is 14.2 Å². The number of nitrogens with one attached hydrogen (secondary N) is 2. The lowest BCUT2D eigenvalue weighted by molar-refractivity contribution is 0.216. The van der Waals surface area contributed by atoms with Gasteiger partial charge in [0.2, 0.25) is 0 Å². The largest absolute Gasteiger partial charge is 0.453 e. The topological polar surface area (TPSA) is 73.9 Å². The summed E-state index contributed by atoms with van der Waals surface area (Å²) in [7, 11) is 0. The molecule has 0 spiro atoms. The molecule has 5 rings (SSSR count). The zero-order valence-corrected chi connectivity index (χ0v) is 20.1. The van der Waals surface area contributed by atoms with Gasteiger partial charge in [-0.05, 0) is 51.7 Å². The lowest BCUT2D eigenvalue weighted by Gasteiger charge is -2.11. The quantitative estimate of drug-likeness (QED) is 0.211. The first kappa shape index (κ1) is 22.4. The third-order valence-electron chi connectivity index (χ3n) is 5.73. The molecule has 0 aliphatic carbocycles. The van der Waals surface area contributed by atoms with E-state index in [1.807, 2.05) is 36.4 Å². The molecule has 0 saturated heterocycles. The highest BCUT2D eigenvalue weighted by Crippen LogP contribution is 2.38. The lowest BCUT2D eigenvalue weighted by Crippen LogP contribution is -2.01. The first-order valence-corrected chi connectivity index (χ1v) is 11.9. The van der Waals surface area contributed by atoms with Gasteiger partial charge in [0.25, 0.3) is 0 Å². The van der Waals surface area contributed by atoms with Gasteiger partial charge in [0.15, 0.2) is 11.6 Å². The van der Waals surface area contributed by atoms with Crippen molar-refractivity contribution in [2.75, 3.05) is 0 Å². The maximum Gasteiger partial charge on any atom is 0.177 e. The van der Waals surface area contributed by atoms with Crippen molar-refractivity contribution >= 4 is 26.8 Å². The Morgan fingerprint density at radius 2 is 1.97 bits per heavy atom. The van der Waals surface area contributed by atoms with Crippen LogP contribution in [0.1, 0.15) is 36.3 Å². The first-order chi connectivity index (χ1) is 16.5. The Labute approximate surface area is 204 Å². The summed E-state index contributed by atoms with van der Waals surface area (Å²) >= 11 is 3.46. The van der Waals surface area contributed by atoms with E-state index in [9.17, 15) is 9.50 Å². The molecule has 0 aliphatic rings. The van der Waals surface area contributed by atoms with Crippen LogP contribution in [0.25, 0.3) is 22.3 Å². The maximum absolute atomic E-state index is 14.7. The molecule has 5 aromatic rings. The monoisotopic (exact) mass is 519 g/mol. The van der Waals surface area contributed by atoms with Gasteiger partial charge in [-0.25, -0.2) is 9.37 Å². The standard InChI is InChI=1S/C27H23BrFN3O2/c1-2-5-16-6-3-7-17(12-16)25(33)23-15-31-27(32-23)18-8-4-9-19(13-18)34-26-21(29)14-22-20(24(26)28)10-11-30-22/h3-4,6-15,25,30,33H,2,5H2,1H3,(H,31,32). The van der Waals surface area contributed by atoms with Crippen LogP contribution in [0.3, 0.4) is 0 Å². The van der Waals surface area contributed by atoms with Crippen molar-refractivity contribution in [3.05, 3.63) is 100 Å². The number of imidazole rings is 1. The number of aryl methyl sites for hydroxylation is 1. The normalized spacial score (nSPS) is 12.2. The zero-order chi connectivity index (χ0) is 23.7. The molecule has 0 amide bonds. The number of halogens is 2. The number of aliphatic hydroxyl groups is 1. The molecule has 2 aromatic heterocycles. The van der Waals surface area contributed by atoms with Crippen molar-refractivity contribution in [1.82, 2.24) is 15.0 Å². The number of ether oxygens (including phenoxy) is 1. The van der Waals surface area contributed by atoms with Gasteiger partial charge in [0.1, 0.15) is 17.7 Å². The van der Waals surface area contributed by atoms with E-state index in [0.29, 0.717) is 27.3 Å². The van der Waals surface area contributed by atoms with E-state index in [-0.39, 0.29) is 5.75 Å². The van der Waals surface area contributed by atoms with Gasteiger partial charge in [-0.15, -0.1) is 0 Å². The van der Waals surface area contributed by atoms with Crippen molar-refractivity contribution in [2.24, 2.45) is 0 Å². The summed E-state index contributed by atoms with van der Waals surface area (Å²) in [5, 5.41) is 11.7. The van der Waals surface area contributed by atoms with E-state index in [2.05, 4.69) is 43.9 Å². The van der Waals surface area contributed by atoms with Crippen LogP contribution in [-0.4, -0.2) is 20.1 Å². The molecule has 0 radical (unpaired) electrons. The zero-order valence-electron chi connectivity index (χ0n) is 18.5. The van der Waals surface area contributed by atoms with Crippen LogP contribution < -0.4 is 4.74 Å². The third kappa shape index (κ3) is 4.36. The summed E-state index contributed by atoms with van der Waals surface area (Å²) in [4.78, 5) is 10.7. The number of fused-ring (bicyclic) bond motifs is 1. The van der Waals surface area contributed by atoms with Crippen LogP contribution >= 0.6 is 15.9 Å². The van der Waals surface area contributed by atoms with Crippen LogP contribution in [0.5, 0.6) is 11.5 Å². The minimum absolute atomic E-state index is 0.117. The number of rotatable bonds is 7. The van der Waals surface area contributed by atoms with Crippen molar-refractivity contribution in [2.45, 2.75) is 25.9 Å². The van der Waals surface area contributed by atoms with E-state index in [4.69, 9.17) is 4.74 Å². The fraction of sp³-hybridized carbons (Fsp3) is 0.148. The van der Waals surface area contributed by atoms with Crippen LogP contribution in [0.4, 0.5) is 4.39 Å². The Morgan fingerprint density at radius 1 is 1.12 bits per heavy atom. The van der Waals surface area contributed by atoms with Gasteiger partial charge in [0, 0.05) is 28.7 Å². The summed E-state index contributed by atoms with van der Waals surface area (Å²) in [5.74, 6) is 0.704. The highest BCUT2D eigenvalue weighted by Gasteiger charge is 2.17. The van der Waals surface area contributed by atoms with Crippen LogP contribution in [-0.2, 0) is 6.42 Å². The number of aliphatic hydroxyl groups excluding tert-OH is 1. The molecule has 3 aromatic carbocycles. The van der Waals surface area contributed by atoms with E-state index >= 15 is 0 Å². The number of hydrogen-bond acceptors (Lipinski definition) is 3. The Bertz CT molecular complexity index is 1460. The molecule has 0 aliphatic heterocycles. The summed E-state index contributed by atoms with van der Waals surface area (Å²) in [6, 6.07) is 18.5. The average Bonchev–Trinajstić information content (AvgIpc) is 3.52. The molecular weight excluding hydrogens is 497 g/mol. The molecular formula is C27H23BrFN3O2. The van der Waals surface area contributed by atoms with Crippen LogP contribution in [0.2, 0.25) is 0 Å². The lowest BCUT2D eigenvalue weighted by atomic mass is 10.0. The molecule has 1 atom stereocenters. The molecule has 0 fully saturated rings. The van der Waals surface area contributed by atoms with Gasteiger partial charge >= 0.3 is 0 Å². The van der Waals surface area contributed by atoms with Crippen molar-refractivity contribution in [1.29, 1.82) is 0 Å².